The molecule has 0 unspecified atom stereocenters. The lowest BCUT2D eigenvalue weighted by Gasteiger charge is -2.31. The first-order valence-electron chi connectivity index (χ1n) is 11.0. The quantitative estimate of drug-likeness (QED) is 0.645. The fraction of sp³-hybridized carbons (Fsp3) is 0.333. The van der Waals surface area contributed by atoms with E-state index in [9.17, 15) is 18.0 Å². The molecular formula is C24H28N4O4S. The van der Waals surface area contributed by atoms with Crippen molar-refractivity contribution in [1.82, 2.24) is 19.8 Å². The van der Waals surface area contributed by atoms with Crippen LogP contribution in [0, 0.1) is 6.92 Å². The third-order valence-electron chi connectivity index (χ3n) is 5.92. The van der Waals surface area contributed by atoms with Crippen molar-refractivity contribution < 1.29 is 18.0 Å². The summed E-state index contributed by atoms with van der Waals surface area (Å²) in [5.41, 5.74) is 2.14. The Balaban J connectivity index is 1.39. The fourth-order valence-electron chi connectivity index (χ4n) is 4.17. The van der Waals surface area contributed by atoms with Crippen molar-refractivity contribution in [3.8, 4) is 0 Å². The topological polar surface area (TPSA) is 98.8 Å². The number of carbonyl (C=O) groups is 2. The smallest absolute Gasteiger partial charge is 0.264 e. The molecule has 1 fully saturated rings. The van der Waals surface area contributed by atoms with Gasteiger partial charge >= 0.3 is 0 Å². The Morgan fingerprint density at radius 1 is 1.12 bits per heavy atom. The van der Waals surface area contributed by atoms with Crippen LogP contribution in [0.2, 0.25) is 0 Å². The lowest BCUT2D eigenvalue weighted by molar-refractivity contribution is -0.129. The SMILES string of the molecule is Cc1ccc(S(=O)(=O)N2C=CNC(=O)[C@H]2CC(=O)N[C@@H]2CCN(Cc3ccccc3)C2)cc1. The summed E-state index contributed by atoms with van der Waals surface area (Å²) in [6.45, 7) is 4.25. The molecule has 2 aromatic carbocycles. The second kappa shape index (κ2) is 9.76. The van der Waals surface area contributed by atoms with E-state index >= 15 is 0 Å². The van der Waals surface area contributed by atoms with Crippen molar-refractivity contribution in [3.05, 3.63) is 78.1 Å². The van der Waals surface area contributed by atoms with Crippen LogP contribution in [0.3, 0.4) is 0 Å². The molecular weight excluding hydrogens is 440 g/mol. The number of amides is 2. The standard InChI is InChI=1S/C24H28N4O4S/c1-18-7-9-21(10-8-18)33(31,32)28-14-12-25-24(30)22(28)15-23(29)26-20-11-13-27(17-20)16-19-5-3-2-4-6-19/h2-10,12,14,20,22H,11,13,15-17H2,1H3,(H,25,30)(H,26,29)/t20-,22-/m1/s1. The molecule has 9 heteroatoms. The van der Waals surface area contributed by atoms with Crippen molar-refractivity contribution in [2.45, 2.75) is 43.3 Å². The van der Waals surface area contributed by atoms with E-state index in [1.54, 1.807) is 12.1 Å². The highest BCUT2D eigenvalue weighted by Gasteiger charge is 2.37. The van der Waals surface area contributed by atoms with Crippen LogP contribution in [-0.4, -0.2) is 54.6 Å². The van der Waals surface area contributed by atoms with Crippen molar-refractivity contribution in [1.29, 1.82) is 0 Å². The molecule has 2 aromatic rings. The Labute approximate surface area is 194 Å². The van der Waals surface area contributed by atoms with Gasteiger partial charge in [0.15, 0.2) is 0 Å². The van der Waals surface area contributed by atoms with Gasteiger partial charge in [0.1, 0.15) is 6.04 Å². The van der Waals surface area contributed by atoms with Crippen LogP contribution >= 0.6 is 0 Å². The minimum absolute atomic E-state index is 0.0365. The molecule has 0 bridgehead atoms. The number of hydrogen-bond donors (Lipinski definition) is 2. The van der Waals surface area contributed by atoms with Crippen LogP contribution < -0.4 is 10.6 Å². The number of nitrogens with one attached hydrogen (secondary N) is 2. The molecule has 2 heterocycles. The Hall–Kier alpha value is -3.17. The van der Waals surface area contributed by atoms with Crippen LogP contribution in [0.1, 0.15) is 24.0 Å². The van der Waals surface area contributed by atoms with Gasteiger partial charge in [-0.15, -0.1) is 0 Å². The first kappa shape index (κ1) is 23.0. The summed E-state index contributed by atoms with van der Waals surface area (Å²) in [4.78, 5) is 27.6. The van der Waals surface area contributed by atoms with Gasteiger partial charge < -0.3 is 10.6 Å². The highest BCUT2D eigenvalue weighted by Crippen LogP contribution is 2.23. The number of hydrogen-bond acceptors (Lipinski definition) is 5. The number of nitrogens with zero attached hydrogens (tertiary/aromatic N) is 2. The third kappa shape index (κ3) is 5.43. The Morgan fingerprint density at radius 3 is 2.58 bits per heavy atom. The van der Waals surface area contributed by atoms with Gasteiger partial charge in [-0.2, -0.15) is 0 Å². The maximum atomic E-state index is 13.2. The number of carbonyl (C=O) groups excluding carboxylic acids is 2. The average Bonchev–Trinajstić information content (AvgIpc) is 3.22. The van der Waals surface area contributed by atoms with Gasteiger partial charge in [-0.05, 0) is 31.0 Å². The van der Waals surface area contributed by atoms with Crippen LogP contribution in [0.15, 0.2) is 71.9 Å². The monoisotopic (exact) mass is 468 g/mol. The van der Waals surface area contributed by atoms with Gasteiger partial charge in [0, 0.05) is 38.1 Å². The fourth-order valence-corrected chi connectivity index (χ4v) is 5.62. The first-order chi connectivity index (χ1) is 15.8. The van der Waals surface area contributed by atoms with Crippen molar-refractivity contribution in [2.24, 2.45) is 0 Å². The molecule has 2 N–H and O–H groups in total. The maximum absolute atomic E-state index is 13.2. The zero-order chi connectivity index (χ0) is 23.4. The van der Waals surface area contributed by atoms with Gasteiger partial charge in [0.05, 0.1) is 11.3 Å². The number of aryl methyl sites for hydroxylation is 1. The summed E-state index contributed by atoms with van der Waals surface area (Å²) in [6.07, 6.45) is 3.13. The van der Waals surface area contributed by atoms with E-state index in [4.69, 9.17) is 0 Å². The summed E-state index contributed by atoms with van der Waals surface area (Å²) in [5.74, 6) is -0.874. The highest BCUT2D eigenvalue weighted by molar-refractivity contribution is 7.89. The van der Waals surface area contributed by atoms with Crippen molar-refractivity contribution in [2.75, 3.05) is 13.1 Å². The van der Waals surface area contributed by atoms with Crippen molar-refractivity contribution >= 4 is 21.8 Å². The van der Waals surface area contributed by atoms with E-state index in [1.807, 2.05) is 25.1 Å². The van der Waals surface area contributed by atoms with E-state index in [1.165, 1.54) is 30.1 Å². The van der Waals surface area contributed by atoms with Gasteiger partial charge in [0.25, 0.3) is 10.0 Å². The molecule has 174 valence electrons. The predicted molar refractivity (Wildman–Crippen MR) is 124 cm³/mol. The van der Waals surface area contributed by atoms with Crippen LogP contribution in [0.5, 0.6) is 0 Å². The summed E-state index contributed by atoms with van der Waals surface area (Å²) < 4.78 is 27.3. The van der Waals surface area contributed by atoms with E-state index < -0.39 is 22.0 Å². The molecule has 2 aliphatic rings. The summed E-state index contributed by atoms with van der Waals surface area (Å²) >= 11 is 0. The second-order valence-electron chi connectivity index (χ2n) is 8.47. The summed E-state index contributed by atoms with van der Waals surface area (Å²) in [6, 6.07) is 15.4. The zero-order valence-electron chi connectivity index (χ0n) is 18.5. The molecule has 0 aromatic heterocycles. The maximum Gasteiger partial charge on any atom is 0.264 e. The van der Waals surface area contributed by atoms with Crippen LogP contribution in [0.25, 0.3) is 0 Å². The minimum atomic E-state index is -3.98. The Morgan fingerprint density at radius 2 is 1.85 bits per heavy atom. The molecule has 2 amide bonds. The van der Waals surface area contributed by atoms with Gasteiger partial charge in [-0.25, -0.2) is 8.42 Å². The molecule has 0 saturated carbocycles. The predicted octanol–water partition coefficient (Wildman–Crippen LogP) is 1.74. The first-order valence-corrected chi connectivity index (χ1v) is 12.4. The number of rotatable bonds is 7. The number of sulfonamides is 1. The molecule has 8 nitrogen and oxygen atoms in total. The van der Waals surface area contributed by atoms with Crippen LogP contribution in [0.4, 0.5) is 0 Å². The molecule has 4 rings (SSSR count). The molecule has 2 aliphatic heterocycles. The summed E-state index contributed by atoms with van der Waals surface area (Å²) in [7, 11) is -3.98. The normalized spacial score (nSPS) is 21.1. The average molecular weight is 469 g/mol. The minimum Gasteiger partial charge on any atom is -0.352 e. The lowest BCUT2D eigenvalue weighted by atomic mass is 10.1. The Bertz CT molecular complexity index is 1130. The van der Waals surface area contributed by atoms with E-state index in [2.05, 4.69) is 27.7 Å². The van der Waals surface area contributed by atoms with Crippen LogP contribution in [-0.2, 0) is 26.2 Å². The largest absolute Gasteiger partial charge is 0.352 e. The highest BCUT2D eigenvalue weighted by atomic mass is 32.2. The molecule has 33 heavy (non-hydrogen) atoms. The van der Waals surface area contributed by atoms with Gasteiger partial charge in [-0.1, -0.05) is 48.0 Å². The number of benzene rings is 2. The summed E-state index contributed by atoms with van der Waals surface area (Å²) in [5, 5.41) is 5.49. The second-order valence-corrected chi connectivity index (χ2v) is 10.3. The van der Waals surface area contributed by atoms with E-state index in [-0.39, 0.29) is 23.3 Å². The van der Waals surface area contributed by atoms with Gasteiger partial charge in [-0.3, -0.25) is 18.8 Å². The molecule has 1 saturated heterocycles. The molecule has 0 spiro atoms. The zero-order valence-corrected chi connectivity index (χ0v) is 19.3. The molecule has 2 atom stereocenters. The van der Waals surface area contributed by atoms with Crippen molar-refractivity contribution in [3.63, 3.8) is 0 Å². The van der Waals surface area contributed by atoms with E-state index in [0.717, 1.165) is 29.4 Å². The third-order valence-corrected chi connectivity index (χ3v) is 7.72. The molecule has 0 radical (unpaired) electrons. The van der Waals surface area contributed by atoms with Gasteiger partial charge in [0.2, 0.25) is 11.8 Å². The molecule has 0 aliphatic carbocycles. The Kier molecular flexibility index (Phi) is 6.80. The lowest BCUT2D eigenvalue weighted by Crippen LogP contribution is -2.51. The number of likely N-dealkylation sites (tertiary alicyclic amines) is 1. The van der Waals surface area contributed by atoms with E-state index in [0.29, 0.717) is 6.54 Å².